The summed E-state index contributed by atoms with van der Waals surface area (Å²) in [6, 6.07) is 5.78. The number of halogens is 2. The molecule has 10 heteroatoms. The number of carboxylic acid groups (broad SMARTS) is 1. The molecule has 0 spiro atoms. The number of nitrogens with zero attached hydrogens (tertiary/aromatic N) is 4. The number of carbonyl (C=O) groups is 2. The molecular weight excluding hydrogens is 393 g/mol. The summed E-state index contributed by atoms with van der Waals surface area (Å²) in [7, 11) is 0. The van der Waals surface area contributed by atoms with Crippen molar-refractivity contribution < 1.29 is 14.7 Å². The average Bonchev–Trinajstić information content (AvgIpc) is 3.27. The molecule has 0 fully saturated rings. The van der Waals surface area contributed by atoms with Crippen molar-refractivity contribution in [2.24, 2.45) is 0 Å². The quantitative estimate of drug-likeness (QED) is 0.652. The summed E-state index contributed by atoms with van der Waals surface area (Å²) < 4.78 is 2.78. The van der Waals surface area contributed by atoms with Crippen molar-refractivity contribution in [2.45, 2.75) is 19.5 Å². The number of amides is 1. The molecule has 27 heavy (non-hydrogen) atoms. The van der Waals surface area contributed by atoms with E-state index in [0.717, 1.165) is 10.2 Å². The lowest BCUT2D eigenvalue weighted by molar-refractivity contribution is -0.140. The predicted molar refractivity (Wildman–Crippen MR) is 100 cm³/mol. The fraction of sp³-hybridized carbons (Fsp3) is 0.176. The van der Waals surface area contributed by atoms with Crippen LogP contribution in [0.1, 0.15) is 29.0 Å². The maximum absolute atomic E-state index is 12.4. The highest BCUT2D eigenvalue weighted by molar-refractivity contribution is 6.42. The van der Waals surface area contributed by atoms with Gasteiger partial charge in [-0.05, 0) is 30.7 Å². The summed E-state index contributed by atoms with van der Waals surface area (Å²) in [5, 5.41) is 20.8. The van der Waals surface area contributed by atoms with Crippen LogP contribution in [0.3, 0.4) is 0 Å². The summed E-state index contributed by atoms with van der Waals surface area (Å²) >= 11 is 11.9. The van der Waals surface area contributed by atoms with Crippen LogP contribution in [0.25, 0.3) is 0 Å². The second-order valence-corrected chi connectivity index (χ2v) is 6.62. The Morgan fingerprint density at radius 1 is 1.22 bits per heavy atom. The van der Waals surface area contributed by atoms with Gasteiger partial charge < -0.3 is 10.4 Å². The summed E-state index contributed by atoms with van der Waals surface area (Å²) in [6.45, 7) is 1.89. The fourth-order valence-electron chi connectivity index (χ4n) is 2.44. The smallest absolute Gasteiger partial charge is 0.328 e. The van der Waals surface area contributed by atoms with E-state index in [1.165, 1.54) is 25.4 Å². The molecule has 1 amide bonds. The minimum Gasteiger partial charge on any atom is -0.480 e. The van der Waals surface area contributed by atoms with Gasteiger partial charge in [0, 0.05) is 12.4 Å². The Bertz CT molecular complexity index is 998. The molecule has 0 aliphatic heterocycles. The molecule has 140 valence electrons. The molecule has 0 aliphatic carbocycles. The van der Waals surface area contributed by atoms with Crippen molar-refractivity contribution in [3.63, 3.8) is 0 Å². The van der Waals surface area contributed by atoms with Crippen molar-refractivity contribution in [3.8, 4) is 0 Å². The molecule has 1 aromatic carbocycles. The lowest BCUT2D eigenvalue weighted by Gasteiger charge is -2.10. The van der Waals surface area contributed by atoms with Crippen LogP contribution in [-0.2, 0) is 11.3 Å². The first-order valence-electron chi connectivity index (χ1n) is 7.89. The first kappa shape index (κ1) is 18.9. The van der Waals surface area contributed by atoms with E-state index in [9.17, 15) is 9.59 Å². The van der Waals surface area contributed by atoms with E-state index in [0.29, 0.717) is 22.3 Å². The molecule has 3 rings (SSSR count). The lowest BCUT2D eigenvalue weighted by atomic mass is 10.2. The van der Waals surface area contributed by atoms with E-state index in [4.69, 9.17) is 28.3 Å². The molecule has 0 aliphatic rings. The van der Waals surface area contributed by atoms with Crippen LogP contribution >= 0.6 is 23.2 Å². The summed E-state index contributed by atoms with van der Waals surface area (Å²) in [5.74, 6) is -1.56. The molecule has 1 unspecified atom stereocenters. The van der Waals surface area contributed by atoms with Crippen molar-refractivity contribution in [1.82, 2.24) is 19.6 Å². The molecule has 0 saturated heterocycles. The van der Waals surface area contributed by atoms with Gasteiger partial charge in [-0.2, -0.15) is 10.2 Å². The number of carboxylic acids is 1. The highest BCUT2D eigenvalue weighted by Gasteiger charge is 2.21. The predicted octanol–water partition coefficient (Wildman–Crippen LogP) is 3.33. The standard InChI is InChI=1S/C17H15Cl2N5O3/c1-10(17(26)27)24-15(4-5-20-24)16(25)22-12-7-21-23(9-12)8-11-2-3-13(18)14(19)6-11/h2-7,9-10H,8H2,1H3,(H,22,25)(H,26,27). The number of nitrogens with one attached hydrogen (secondary N) is 1. The summed E-state index contributed by atoms with van der Waals surface area (Å²) in [6.07, 6.45) is 4.53. The Labute approximate surface area is 164 Å². The Balaban J connectivity index is 1.71. The van der Waals surface area contributed by atoms with Crippen LogP contribution in [0.15, 0.2) is 42.9 Å². The number of aromatic nitrogens is 4. The van der Waals surface area contributed by atoms with E-state index in [-0.39, 0.29) is 5.69 Å². The molecule has 2 N–H and O–H groups in total. The Kier molecular flexibility index (Phi) is 5.48. The second kappa shape index (κ2) is 7.81. The molecule has 1 atom stereocenters. The van der Waals surface area contributed by atoms with Crippen LogP contribution in [0.4, 0.5) is 5.69 Å². The van der Waals surface area contributed by atoms with Gasteiger partial charge in [0.1, 0.15) is 11.7 Å². The van der Waals surface area contributed by atoms with Crippen molar-refractivity contribution in [2.75, 3.05) is 5.32 Å². The third-order valence-corrected chi connectivity index (χ3v) is 4.59. The number of carbonyl (C=O) groups excluding carboxylic acids is 1. The van der Waals surface area contributed by atoms with Gasteiger partial charge in [0.05, 0.1) is 28.5 Å². The topological polar surface area (TPSA) is 102 Å². The van der Waals surface area contributed by atoms with Crippen LogP contribution < -0.4 is 5.32 Å². The van der Waals surface area contributed by atoms with Crippen LogP contribution in [-0.4, -0.2) is 36.5 Å². The van der Waals surface area contributed by atoms with E-state index in [1.54, 1.807) is 23.0 Å². The van der Waals surface area contributed by atoms with Gasteiger partial charge in [-0.15, -0.1) is 0 Å². The number of aliphatic carboxylic acids is 1. The van der Waals surface area contributed by atoms with Gasteiger partial charge in [-0.3, -0.25) is 9.48 Å². The van der Waals surface area contributed by atoms with Gasteiger partial charge in [-0.25, -0.2) is 9.48 Å². The van der Waals surface area contributed by atoms with Gasteiger partial charge in [0.15, 0.2) is 0 Å². The molecule has 0 radical (unpaired) electrons. The second-order valence-electron chi connectivity index (χ2n) is 5.80. The van der Waals surface area contributed by atoms with E-state index in [1.807, 2.05) is 6.07 Å². The summed E-state index contributed by atoms with van der Waals surface area (Å²) in [5.41, 5.74) is 1.51. The zero-order chi connectivity index (χ0) is 19.6. The molecular formula is C17H15Cl2N5O3. The largest absolute Gasteiger partial charge is 0.480 e. The minimum atomic E-state index is -1.08. The third-order valence-electron chi connectivity index (χ3n) is 3.85. The number of rotatable bonds is 6. The third kappa shape index (κ3) is 4.29. The van der Waals surface area contributed by atoms with E-state index >= 15 is 0 Å². The van der Waals surface area contributed by atoms with Crippen molar-refractivity contribution in [3.05, 3.63) is 64.2 Å². The number of benzene rings is 1. The average molecular weight is 408 g/mol. The highest BCUT2D eigenvalue weighted by atomic mass is 35.5. The molecule has 2 aromatic heterocycles. The number of hydrogen-bond acceptors (Lipinski definition) is 4. The highest BCUT2D eigenvalue weighted by Crippen LogP contribution is 2.23. The Morgan fingerprint density at radius 2 is 2.00 bits per heavy atom. The first-order chi connectivity index (χ1) is 12.8. The normalized spacial score (nSPS) is 12.0. The number of hydrogen-bond donors (Lipinski definition) is 2. The van der Waals surface area contributed by atoms with Crippen LogP contribution in [0, 0.1) is 0 Å². The number of anilines is 1. The minimum absolute atomic E-state index is 0.141. The maximum atomic E-state index is 12.4. The van der Waals surface area contributed by atoms with Gasteiger partial charge in [-0.1, -0.05) is 29.3 Å². The van der Waals surface area contributed by atoms with E-state index < -0.39 is 17.9 Å². The van der Waals surface area contributed by atoms with Gasteiger partial charge in [0.25, 0.3) is 5.91 Å². The molecule has 3 aromatic rings. The molecule has 8 nitrogen and oxygen atoms in total. The summed E-state index contributed by atoms with van der Waals surface area (Å²) in [4.78, 5) is 23.6. The van der Waals surface area contributed by atoms with E-state index in [2.05, 4.69) is 15.5 Å². The zero-order valence-electron chi connectivity index (χ0n) is 14.1. The van der Waals surface area contributed by atoms with Crippen LogP contribution in [0.2, 0.25) is 10.0 Å². The Morgan fingerprint density at radius 3 is 2.70 bits per heavy atom. The molecule has 2 heterocycles. The van der Waals surface area contributed by atoms with Crippen molar-refractivity contribution in [1.29, 1.82) is 0 Å². The monoisotopic (exact) mass is 407 g/mol. The van der Waals surface area contributed by atoms with Gasteiger partial charge in [0.2, 0.25) is 0 Å². The fourth-order valence-corrected chi connectivity index (χ4v) is 2.76. The lowest BCUT2D eigenvalue weighted by Crippen LogP contribution is -2.24. The van der Waals surface area contributed by atoms with Crippen molar-refractivity contribution >= 4 is 40.8 Å². The maximum Gasteiger partial charge on any atom is 0.328 e. The first-order valence-corrected chi connectivity index (χ1v) is 8.65. The van der Waals surface area contributed by atoms with Crippen LogP contribution in [0.5, 0.6) is 0 Å². The Hall–Kier alpha value is -2.84. The SMILES string of the molecule is CC(C(=O)O)n1nccc1C(=O)Nc1cnn(Cc2ccc(Cl)c(Cl)c2)c1. The molecule has 0 saturated carbocycles. The van der Waals surface area contributed by atoms with Gasteiger partial charge >= 0.3 is 5.97 Å². The zero-order valence-corrected chi connectivity index (χ0v) is 15.6. The molecule has 0 bridgehead atoms.